The molecule has 0 atom stereocenters. The van der Waals surface area contributed by atoms with Gasteiger partial charge in [0.2, 0.25) is 9.84 Å². The molecule has 0 spiro atoms. The number of aromatic amines is 1. The van der Waals surface area contributed by atoms with Crippen LogP contribution in [0.5, 0.6) is 0 Å². The van der Waals surface area contributed by atoms with Crippen molar-refractivity contribution in [1.82, 2.24) is 9.55 Å². The van der Waals surface area contributed by atoms with E-state index in [1.807, 2.05) is 13.8 Å². The summed E-state index contributed by atoms with van der Waals surface area (Å²) in [5.41, 5.74) is 1.05. The number of hydrogen-bond donors (Lipinski definition) is 1. The van der Waals surface area contributed by atoms with Gasteiger partial charge in [-0.25, -0.2) is 8.42 Å². The van der Waals surface area contributed by atoms with Gasteiger partial charge in [-0.3, -0.25) is 9.36 Å². The Bertz CT molecular complexity index is 1060. The Labute approximate surface area is 148 Å². The van der Waals surface area contributed by atoms with E-state index in [9.17, 15) is 13.2 Å². The van der Waals surface area contributed by atoms with E-state index in [4.69, 9.17) is 0 Å². The maximum atomic E-state index is 13.2. The van der Waals surface area contributed by atoms with Crippen molar-refractivity contribution in [3.05, 3.63) is 56.9 Å². The van der Waals surface area contributed by atoms with Crippen LogP contribution in [0.1, 0.15) is 18.9 Å². The van der Waals surface area contributed by atoms with Crippen LogP contribution in [-0.4, -0.2) is 18.0 Å². The minimum Gasteiger partial charge on any atom is -0.357 e. The first-order valence-corrected chi connectivity index (χ1v) is 9.86. The van der Waals surface area contributed by atoms with Crippen molar-refractivity contribution in [2.75, 3.05) is 0 Å². The summed E-state index contributed by atoms with van der Waals surface area (Å²) in [5, 5.41) is 0.573. The number of hydrogen-bond acceptors (Lipinski definition) is 3. The zero-order valence-corrected chi connectivity index (χ0v) is 15.7. The van der Waals surface area contributed by atoms with Gasteiger partial charge in [0.15, 0.2) is 5.03 Å². The van der Waals surface area contributed by atoms with Crippen LogP contribution in [0.2, 0.25) is 0 Å². The molecule has 126 valence electrons. The first-order chi connectivity index (χ1) is 11.4. The van der Waals surface area contributed by atoms with Gasteiger partial charge in [0.1, 0.15) is 5.52 Å². The minimum absolute atomic E-state index is 0.00491. The van der Waals surface area contributed by atoms with E-state index in [0.717, 1.165) is 5.56 Å². The van der Waals surface area contributed by atoms with Gasteiger partial charge in [-0.1, -0.05) is 24.6 Å². The van der Waals surface area contributed by atoms with E-state index in [1.165, 1.54) is 4.57 Å². The fourth-order valence-electron chi connectivity index (χ4n) is 2.71. The molecule has 2 heterocycles. The summed E-state index contributed by atoms with van der Waals surface area (Å²) in [6.07, 6.45) is 2.28. The Hall–Kier alpha value is -1.86. The van der Waals surface area contributed by atoms with Crippen molar-refractivity contribution in [2.24, 2.45) is 0 Å². The molecule has 0 unspecified atom stereocenters. The number of aryl methyl sites for hydroxylation is 1. The number of aromatic nitrogens is 2. The number of halogens is 1. The van der Waals surface area contributed by atoms with Crippen LogP contribution in [0.3, 0.4) is 0 Å². The molecule has 3 aromatic rings. The van der Waals surface area contributed by atoms with E-state index >= 15 is 0 Å². The van der Waals surface area contributed by atoms with Gasteiger partial charge >= 0.3 is 0 Å². The third-order valence-electron chi connectivity index (χ3n) is 3.91. The number of pyridine rings is 1. The molecule has 3 rings (SSSR count). The number of nitrogens with zero attached hydrogens (tertiary/aromatic N) is 1. The monoisotopic (exact) mass is 408 g/mol. The van der Waals surface area contributed by atoms with Gasteiger partial charge in [-0.15, -0.1) is 0 Å². The average molecular weight is 409 g/mol. The largest absolute Gasteiger partial charge is 0.357 e. The molecule has 1 N–H and O–H groups in total. The second-order valence-corrected chi connectivity index (χ2v) is 8.32. The van der Waals surface area contributed by atoms with Crippen LogP contribution >= 0.6 is 15.9 Å². The lowest BCUT2D eigenvalue weighted by atomic mass is 10.2. The molecule has 0 saturated heterocycles. The Kier molecular flexibility index (Phi) is 4.40. The Morgan fingerprint density at radius 3 is 2.46 bits per heavy atom. The summed E-state index contributed by atoms with van der Waals surface area (Å²) >= 11 is 3.40. The second-order valence-electron chi connectivity index (χ2n) is 5.66. The highest BCUT2D eigenvalue weighted by Gasteiger charge is 2.27. The fraction of sp³-hybridized carbons (Fsp3) is 0.235. The lowest BCUT2D eigenvalue weighted by Gasteiger charge is -2.15. The number of H-pyrrole nitrogens is 1. The topological polar surface area (TPSA) is 71.9 Å². The standard InChI is InChI=1S/C17H17BrN2O3S/c1-3-10-20-16(21)15-13(8-9-19-15)14(18)17(20)24(22,23)12-6-4-11(2)5-7-12/h4-9,19H,3,10H2,1-2H3. The first kappa shape index (κ1) is 17.0. The lowest BCUT2D eigenvalue weighted by molar-refractivity contribution is 0.553. The molecule has 0 aliphatic rings. The van der Waals surface area contributed by atoms with E-state index in [0.29, 0.717) is 28.3 Å². The number of rotatable bonds is 4. The summed E-state index contributed by atoms with van der Waals surface area (Å²) in [6, 6.07) is 8.33. The summed E-state index contributed by atoms with van der Waals surface area (Å²) in [6.45, 7) is 4.12. The van der Waals surface area contributed by atoms with Crippen LogP contribution in [0.4, 0.5) is 0 Å². The summed E-state index contributed by atoms with van der Waals surface area (Å²) in [7, 11) is -3.83. The van der Waals surface area contributed by atoms with Crippen molar-refractivity contribution >= 4 is 36.7 Å². The van der Waals surface area contributed by atoms with Crippen LogP contribution in [0, 0.1) is 6.92 Å². The van der Waals surface area contributed by atoms with Crippen LogP contribution in [-0.2, 0) is 16.4 Å². The zero-order chi connectivity index (χ0) is 17.5. The van der Waals surface area contributed by atoms with Gasteiger partial charge < -0.3 is 4.98 Å². The molecule has 0 aliphatic carbocycles. The van der Waals surface area contributed by atoms with Crippen molar-refractivity contribution in [3.8, 4) is 0 Å². The molecule has 5 nitrogen and oxygen atoms in total. The molecule has 0 aliphatic heterocycles. The first-order valence-electron chi connectivity index (χ1n) is 7.59. The van der Waals surface area contributed by atoms with E-state index in [1.54, 1.807) is 36.5 Å². The van der Waals surface area contributed by atoms with Gasteiger partial charge in [0.25, 0.3) is 5.56 Å². The predicted octanol–water partition coefficient (Wildman–Crippen LogP) is 3.64. The fourth-order valence-corrected chi connectivity index (χ4v) is 5.42. The van der Waals surface area contributed by atoms with Gasteiger partial charge in [-0.2, -0.15) is 0 Å². The SMILES string of the molecule is CCCn1c(S(=O)(=O)c2ccc(C)cc2)c(Br)c2cc[nH]c2c1=O. The summed E-state index contributed by atoms with van der Waals surface area (Å²) in [4.78, 5) is 15.8. The summed E-state index contributed by atoms with van der Waals surface area (Å²) < 4.78 is 28.1. The molecular formula is C17H17BrN2O3S. The van der Waals surface area contributed by atoms with Gasteiger partial charge in [0, 0.05) is 18.1 Å². The maximum Gasteiger partial charge on any atom is 0.275 e. The predicted molar refractivity (Wildman–Crippen MR) is 97.2 cm³/mol. The summed E-state index contributed by atoms with van der Waals surface area (Å²) in [5.74, 6) is 0. The van der Waals surface area contributed by atoms with Crippen molar-refractivity contribution < 1.29 is 8.42 Å². The molecular weight excluding hydrogens is 392 g/mol. The smallest absolute Gasteiger partial charge is 0.275 e. The quantitative estimate of drug-likeness (QED) is 0.715. The van der Waals surface area contributed by atoms with Crippen molar-refractivity contribution in [1.29, 1.82) is 0 Å². The Balaban J connectivity index is 2.39. The third-order valence-corrected chi connectivity index (χ3v) is 6.80. The zero-order valence-electron chi connectivity index (χ0n) is 13.3. The number of fused-ring (bicyclic) bond motifs is 1. The number of nitrogens with one attached hydrogen (secondary N) is 1. The van der Waals surface area contributed by atoms with Crippen LogP contribution in [0.25, 0.3) is 10.9 Å². The van der Waals surface area contributed by atoms with Crippen molar-refractivity contribution in [2.45, 2.75) is 36.7 Å². The van der Waals surface area contributed by atoms with Crippen molar-refractivity contribution in [3.63, 3.8) is 0 Å². The highest BCUT2D eigenvalue weighted by atomic mass is 79.9. The molecule has 24 heavy (non-hydrogen) atoms. The maximum absolute atomic E-state index is 13.2. The highest BCUT2D eigenvalue weighted by molar-refractivity contribution is 9.10. The minimum atomic E-state index is -3.83. The molecule has 7 heteroatoms. The van der Waals surface area contributed by atoms with E-state index in [2.05, 4.69) is 20.9 Å². The molecule has 0 bridgehead atoms. The van der Waals surface area contributed by atoms with Crippen LogP contribution in [0.15, 0.2) is 55.7 Å². The average Bonchev–Trinajstić information content (AvgIpc) is 3.03. The normalized spacial score (nSPS) is 12.0. The van der Waals surface area contributed by atoms with Gasteiger partial charge in [0.05, 0.1) is 9.37 Å². The number of sulfone groups is 1. The molecule has 0 saturated carbocycles. The third kappa shape index (κ3) is 2.61. The highest BCUT2D eigenvalue weighted by Crippen LogP contribution is 2.32. The number of benzene rings is 1. The molecule has 0 radical (unpaired) electrons. The van der Waals surface area contributed by atoms with Crippen LogP contribution < -0.4 is 5.56 Å². The Morgan fingerprint density at radius 2 is 1.83 bits per heavy atom. The van der Waals surface area contributed by atoms with Gasteiger partial charge in [-0.05, 0) is 47.5 Å². The molecule has 0 amide bonds. The second kappa shape index (κ2) is 6.22. The van der Waals surface area contributed by atoms with E-state index < -0.39 is 9.84 Å². The molecule has 2 aromatic heterocycles. The molecule has 0 fully saturated rings. The Morgan fingerprint density at radius 1 is 1.17 bits per heavy atom. The lowest BCUT2D eigenvalue weighted by Crippen LogP contribution is -2.26. The van der Waals surface area contributed by atoms with E-state index in [-0.39, 0.29) is 15.5 Å². The molecule has 1 aromatic carbocycles.